The van der Waals surface area contributed by atoms with Gasteiger partial charge in [0.2, 0.25) is 5.75 Å². The molecule has 0 aromatic heterocycles. The number of methoxy groups -OCH3 is 4. The molecule has 1 heterocycles. The summed E-state index contributed by atoms with van der Waals surface area (Å²) in [6.07, 6.45) is 0. The molecule has 1 saturated heterocycles. The van der Waals surface area contributed by atoms with Gasteiger partial charge < -0.3 is 24.1 Å². The number of ketones is 1. The summed E-state index contributed by atoms with van der Waals surface area (Å²) in [5, 5.41) is 11.9. The van der Waals surface area contributed by atoms with E-state index in [9.17, 15) is 14.7 Å². The summed E-state index contributed by atoms with van der Waals surface area (Å²) < 4.78 is 22.0. The average molecular weight is 538 g/mol. The molecule has 0 radical (unpaired) electrons. The number of carbonyl (C=O) groups is 2. The molecule has 1 aliphatic rings. The minimum Gasteiger partial charge on any atom is -0.507 e. The molecule has 1 unspecified atom stereocenters. The minimum absolute atomic E-state index is 0.134. The Bertz CT molecular complexity index is 1420. The molecule has 0 saturated carbocycles. The van der Waals surface area contributed by atoms with E-state index in [2.05, 4.69) is 0 Å². The molecule has 4 rings (SSSR count). The maximum absolute atomic E-state index is 13.6. The fourth-order valence-corrected chi connectivity index (χ4v) is 4.99. The van der Waals surface area contributed by atoms with Gasteiger partial charge in [-0.05, 0) is 61.4 Å². The Morgan fingerprint density at radius 2 is 1.39 bits per heavy atom. The second-order valence-corrected chi connectivity index (χ2v) is 9.20. The van der Waals surface area contributed by atoms with Crippen molar-refractivity contribution in [1.82, 2.24) is 0 Å². The number of carbonyl (C=O) groups excluding carboxylic acids is 2. The third kappa shape index (κ3) is 4.52. The lowest BCUT2D eigenvalue weighted by atomic mass is 9.93. The summed E-state index contributed by atoms with van der Waals surface area (Å²) in [5.41, 5.74) is 2.70. The van der Waals surface area contributed by atoms with Crippen LogP contribution in [-0.2, 0) is 9.59 Å². The lowest BCUT2D eigenvalue weighted by Crippen LogP contribution is -2.29. The molecular formula is C29H28ClNO7. The van der Waals surface area contributed by atoms with Gasteiger partial charge in [-0.3, -0.25) is 14.5 Å². The molecule has 3 aromatic rings. The Morgan fingerprint density at radius 1 is 0.816 bits per heavy atom. The van der Waals surface area contributed by atoms with Gasteiger partial charge in [0.05, 0.1) is 50.6 Å². The lowest BCUT2D eigenvalue weighted by molar-refractivity contribution is -0.132. The monoisotopic (exact) mass is 537 g/mol. The Labute approximate surface area is 225 Å². The predicted molar refractivity (Wildman–Crippen MR) is 145 cm³/mol. The van der Waals surface area contributed by atoms with E-state index in [1.54, 1.807) is 43.3 Å². The van der Waals surface area contributed by atoms with Crippen molar-refractivity contribution in [3.63, 3.8) is 0 Å². The molecule has 198 valence electrons. The van der Waals surface area contributed by atoms with Crippen LogP contribution in [0.5, 0.6) is 23.0 Å². The van der Waals surface area contributed by atoms with Crippen LogP contribution in [0, 0.1) is 13.8 Å². The Hall–Kier alpha value is -4.17. The Balaban J connectivity index is 2.07. The summed E-state index contributed by atoms with van der Waals surface area (Å²) in [7, 11) is 5.83. The fraction of sp³-hybridized carbons (Fsp3) is 0.241. The van der Waals surface area contributed by atoms with Crippen LogP contribution in [0.2, 0.25) is 5.02 Å². The predicted octanol–water partition coefficient (Wildman–Crippen LogP) is 5.62. The summed E-state index contributed by atoms with van der Waals surface area (Å²) in [6.45, 7) is 3.71. The molecule has 0 spiro atoms. The summed E-state index contributed by atoms with van der Waals surface area (Å²) in [4.78, 5) is 28.5. The number of Topliss-reactive ketones (excluding diaryl/α,β-unsaturated/α-hetero) is 1. The van der Waals surface area contributed by atoms with Crippen LogP contribution in [0.3, 0.4) is 0 Å². The zero-order valence-corrected chi connectivity index (χ0v) is 22.7. The smallest absolute Gasteiger partial charge is 0.300 e. The van der Waals surface area contributed by atoms with Crippen LogP contribution < -0.4 is 23.8 Å². The first-order chi connectivity index (χ1) is 18.2. The van der Waals surface area contributed by atoms with Crippen LogP contribution in [0.25, 0.3) is 5.76 Å². The highest BCUT2D eigenvalue weighted by atomic mass is 35.5. The van der Waals surface area contributed by atoms with Gasteiger partial charge >= 0.3 is 0 Å². The zero-order chi connectivity index (χ0) is 27.7. The summed E-state index contributed by atoms with van der Waals surface area (Å²) in [6, 6.07) is 12.7. The van der Waals surface area contributed by atoms with E-state index in [0.29, 0.717) is 28.5 Å². The fourth-order valence-electron chi connectivity index (χ4n) is 4.64. The molecule has 1 atom stereocenters. The Morgan fingerprint density at radius 3 is 1.92 bits per heavy atom. The molecule has 38 heavy (non-hydrogen) atoms. The molecule has 1 aliphatic heterocycles. The standard InChI is InChI=1S/C29H28ClNO7/c1-15-7-9-18(10-8-15)31-24(17-13-21(35-3)28(38-6)22(14-17)36-4)23(26(33)29(31)34)25(32)19-11-16(2)12-20(30)27(19)37-5/h7-14,24,32H,1-6H3/b25-23+. The number of rotatable bonds is 7. The number of amides is 1. The second-order valence-electron chi connectivity index (χ2n) is 8.79. The highest BCUT2D eigenvalue weighted by Gasteiger charge is 2.47. The van der Waals surface area contributed by atoms with Crippen molar-refractivity contribution in [3.05, 3.63) is 81.4 Å². The molecule has 9 heteroatoms. The van der Waals surface area contributed by atoms with Crippen LogP contribution in [-0.4, -0.2) is 45.2 Å². The van der Waals surface area contributed by atoms with E-state index in [1.165, 1.54) is 33.3 Å². The first-order valence-corrected chi connectivity index (χ1v) is 12.1. The minimum atomic E-state index is -1.03. The van der Waals surface area contributed by atoms with E-state index >= 15 is 0 Å². The molecule has 3 aromatic carbocycles. The van der Waals surface area contributed by atoms with Crippen molar-refractivity contribution in [2.75, 3.05) is 33.3 Å². The first-order valence-electron chi connectivity index (χ1n) is 11.7. The quantitative estimate of drug-likeness (QED) is 0.237. The SMILES string of the molecule is COc1cc(C2/C(=C(\O)c3cc(C)cc(Cl)c3OC)C(=O)C(=O)N2c2ccc(C)cc2)cc(OC)c1OC. The number of halogens is 1. The maximum Gasteiger partial charge on any atom is 0.300 e. The van der Waals surface area contributed by atoms with Crippen LogP contribution in [0.4, 0.5) is 5.69 Å². The number of hydrogen-bond donors (Lipinski definition) is 1. The van der Waals surface area contributed by atoms with Gasteiger partial charge in [-0.2, -0.15) is 0 Å². The van der Waals surface area contributed by atoms with E-state index in [1.807, 2.05) is 19.1 Å². The highest BCUT2D eigenvalue weighted by Crippen LogP contribution is 2.48. The normalized spacial score (nSPS) is 16.5. The number of aryl methyl sites for hydroxylation is 2. The first kappa shape index (κ1) is 26.9. The number of anilines is 1. The van der Waals surface area contributed by atoms with Crippen molar-refractivity contribution < 1.29 is 33.6 Å². The maximum atomic E-state index is 13.6. The third-order valence-electron chi connectivity index (χ3n) is 6.41. The van der Waals surface area contributed by atoms with Crippen molar-refractivity contribution in [2.45, 2.75) is 19.9 Å². The van der Waals surface area contributed by atoms with Gasteiger partial charge in [0.25, 0.3) is 11.7 Å². The Kier molecular flexibility index (Phi) is 7.55. The zero-order valence-electron chi connectivity index (χ0n) is 21.9. The number of aliphatic hydroxyl groups excluding tert-OH is 1. The largest absolute Gasteiger partial charge is 0.507 e. The van der Waals surface area contributed by atoms with Gasteiger partial charge in [0.15, 0.2) is 11.5 Å². The number of nitrogens with zero attached hydrogens (tertiary/aromatic N) is 1. The van der Waals surface area contributed by atoms with Crippen LogP contribution in [0.1, 0.15) is 28.3 Å². The van der Waals surface area contributed by atoms with E-state index < -0.39 is 23.5 Å². The molecule has 1 N–H and O–H groups in total. The molecular weight excluding hydrogens is 510 g/mol. The van der Waals surface area contributed by atoms with Gasteiger partial charge in [-0.25, -0.2) is 0 Å². The molecule has 8 nitrogen and oxygen atoms in total. The highest BCUT2D eigenvalue weighted by molar-refractivity contribution is 6.51. The van der Waals surface area contributed by atoms with Gasteiger partial charge in [0.1, 0.15) is 11.5 Å². The molecule has 1 fully saturated rings. The van der Waals surface area contributed by atoms with Crippen LogP contribution >= 0.6 is 11.6 Å². The molecule has 0 aliphatic carbocycles. The van der Waals surface area contributed by atoms with Gasteiger partial charge in [-0.1, -0.05) is 29.3 Å². The lowest BCUT2D eigenvalue weighted by Gasteiger charge is -2.27. The van der Waals surface area contributed by atoms with Crippen molar-refractivity contribution in [1.29, 1.82) is 0 Å². The topological polar surface area (TPSA) is 94.5 Å². The number of benzene rings is 3. The van der Waals surface area contributed by atoms with Gasteiger partial charge in [-0.15, -0.1) is 0 Å². The summed E-state index contributed by atoms with van der Waals surface area (Å²) in [5.74, 6) is -0.897. The number of ether oxygens (including phenoxy) is 4. The van der Waals surface area contributed by atoms with Crippen molar-refractivity contribution >= 4 is 34.7 Å². The average Bonchev–Trinajstić information content (AvgIpc) is 3.17. The number of aliphatic hydroxyl groups is 1. The molecule has 1 amide bonds. The third-order valence-corrected chi connectivity index (χ3v) is 6.69. The van der Waals surface area contributed by atoms with E-state index in [4.69, 9.17) is 30.5 Å². The van der Waals surface area contributed by atoms with Crippen molar-refractivity contribution in [2.24, 2.45) is 0 Å². The van der Waals surface area contributed by atoms with E-state index in [0.717, 1.165) is 11.1 Å². The van der Waals surface area contributed by atoms with Gasteiger partial charge in [0, 0.05) is 5.69 Å². The van der Waals surface area contributed by atoms with Crippen molar-refractivity contribution in [3.8, 4) is 23.0 Å². The molecule has 0 bridgehead atoms. The number of hydrogen-bond acceptors (Lipinski definition) is 7. The van der Waals surface area contributed by atoms with E-state index in [-0.39, 0.29) is 21.9 Å². The second kappa shape index (κ2) is 10.7. The summed E-state index contributed by atoms with van der Waals surface area (Å²) >= 11 is 6.39. The van der Waals surface area contributed by atoms with Crippen LogP contribution in [0.15, 0.2) is 54.1 Å².